The molecule has 2 bridgehead atoms. The molecular weight excluding hydrogens is 345 g/mol. The zero-order valence-corrected chi connectivity index (χ0v) is 15.5. The number of ether oxygens (including phenoxy) is 1. The smallest absolute Gasteiger partial charge is 0.240 e. The molecule has 142 valence electrons. The second kappa shape index (κ2) is 7.64. The first-order chi connectivity index (χ1) is 13.1. The summed E-state index contributed by atoms with van der Waals surface area (Å²) in [7, 11) is 1.62. The lowest BCUT2D eigenvalue weighted by Crippen LogP contribution is -2.58. The molecule has 0 aliphatic carbocycles. The number of carbonyl (C=O) groups excluding carboxylic acids is 1. The van der Waals surface area contributed by atoms with E-state index < -0.39 is 0 Å². The topological polar surface area (TPSA) is 45.7 Å². The molecule has 2 saturated heterocycles. The maximum Gasteiger partial charge on any atom is 0.240 e. The van der Waals surface area contributed by atoms with E-state index in [1.165, 1.54) is 12.1 Å². The molecule has 4 rings (SSSR count). The van der Waals surface area contributed by atoms with Gasteiger partial charge in [0, 0.05) is 31.4 Å². The van der Waals surface area contributed by atoms with Crippen molar-refractivity contribution in [3.05, 3.63) is 59.5 Å². The molecule has 1 amide bonds. The molecule has 3 heterocycles. The average Bonchev–Trinajstić information content (AvgIpc) is 2.68. The van der Waals surface area contributed by atoms with Crippen LogP contribution in [0.5, 0.6) is 5.88 Å². The van der Waals surface area contributed by atoms with Crippen molar-refractivity contribution >= 4 is 5.91 Å². The van der Waals surface area contributed by atoms with Crippen LogP contribution in [0.25, 0.3) is 0 Å². The van der Waals surface area contributed by atoms with Gasteiger partial charge in [-0.1, -0.05) is 18.2 Å². The molecular formula is C21H24FN3O2. The molecule has 1 aromatic heterocycles. The van der Waals surface area contributed by atoms with Crippen molar-refractivity contribution in [1.82, 2.24) is 14.8 Å². The zero-order valence-electron chi connectivity index (χ0n) is 15.5. The number of hydrogen-bond donors (Lipinski definition) is 0. The maximum absolute atomic E-state index is 13.5. The Morgan fingerprint density at radius 3 is 2.96 bits per heavy atom. The Morgan fingerprint density at radius 1 is 1.26 bits per heavy atom. The predicted octanol–water partition coefficient (Wildman–Crippen LogP) is 2.85. The standard InChI is InChI=1S/C21H24FN3O2/c1-27-20-17(5-3-8-23-20)14-24-9-7-16-11-19(24)21(26)25(13-16)12-15-4-2-6-18(22)10-15/h2-6,8,10,16,19H,7,9,11-14H2,1H3/t16-,19+/m0/s1. The number of aromatic nitrogens is 1. The van der Waals surface area contributed by atoms with E-state index in [0.717, 1.165) is 37.1 Å². The van der Waals surface area contributed by atoms with Gasteiger partial charge in [-0.25, -0.2) is 9.37 Å². The number of piperidine rings is 2. The van der Waals surface area contributed by atoms with E-state index in [2.05, 4.69) is 9.88 Å². The third-order valence-electron chi connectivity index (χ3n) is 5.58. The quantitative estimate of drug-likeness (QED) is 0.813. The van der Waals surface area contributed by atoms with Crippen molar-refractivity contribution in [2.24, 2.45) is 5.92 Å². The van der Waals surface area contributed by atoms with Crippen LogP contribution < -0.4 is 4.74 Å². The molecule has 2 aliphatic heterocycles. The number of methoxy groups -OCH3 is 1. The van der Waals surface area contributed by atoms with Gasteiger partial charge in [0.05, 0.1) is 13.2 Å². The van der Waals surface area contributed by atoms with Gasteiger partial charge in [-0.3, -0.25) is 9.69 Å². The summed E-state index contributed by atoms with van der Waals surface area (Å²) in [6.07, 6.45) is 3.66. The number of likely N-dealkylation sites (tertiary alicyclic amines) is 2. The number of amides is 1. The van der Waals surface area contributed by atoms with Gasteiger partial charge < -0.3 is 9.64 Å². The fraction of sp³-hybridized carbons (Fsp3) is 0.429. The van der Waals surface area contributed by atoms with Gasteiger partial charge in [-0.2, -0.15) is 0 Å². The number of rotatable bonds is 5. The monoisotopic (exact) mass is 369 g/mol. The van der Waals surface area contributed by atoms with Gasteiger partial charge in [0.25, 0.3) is 0 Å². The maximum atomic E-state index is 13.5. The Morgan fingerprint density at radius 2 is 2.15 bits per heavy atom. The number of hydrogen-bond acceptors (Lipinski definition) is 4. The third-order valence-corrected chi connectivity index (χ3v) is 5.58. The van der Waals surface area contributed by atoms with Crippen molar-refractivity contribution in [2.45, 2.75) is 32.0 Å². The first-order valence-corrected chi connectivity index (χ1v) is 9.39. The summed E-state index contributed by atoms with van der Waals surface area (Å²) in [5, 5.41) is 0. The first kappa shape index (κ1) is 17.9. The lowest BCUT2D eigenvalue weighted by Gasteiger charge is -2.46. The van der Waals surface area contributed by atoms with E-state index in [0.29, 0.717) is 24.9 Å². The van der Waals surface area contributed by atoms with Crippen LogP contribution >= 0.6 is 0 Å². The van der Waals surface area contributed by atoms with Crippen molar-refractivity contribution in [3.63, 3.8) is 0 Å². The Hall–Kier alpha value is -2.47. The van der Waals surface area contributed by atoms with Crippen molar-refractivity contribution in [1.29, 1.82) is 0 Å². The van der Waals surface area contributed by atoms with Gasteiger partial charge >= 0.3 is 0 Å². The van der Waals surface area contributed by atoms with Crippen molar-refractivity contribution in [3.8, 4) is 5.88 Å². The van der Waals surface area contributed by atoms with Gasteiger partial charge in [0.1, 0.15) is 5.82 Å². The van der Waals surface area contributed by atoms with E-state index in [1.807, 2.05) is 23.1 Å². The van der Waals surface area contributed by atoms with Crippen LogP contribution in [-0.2, 0) is 17.9 Å². The number of carbonyl (C=O) groups is 1. The number of pyridine rings is 1. The molecule has 2 aromatic rings. The van der Waals surface area contributed by atoms with Crippen LogP contribution in [0.2, 0.25) is 0 Å². The Balaban J connectivity index is 1.50. The van der Waals surface area contributed by atoms with E-state index in [9.17, 15) is 9.18 Å². The highest BCUT2D eigenvalue weighted by Gasteiger charge is 2.41. The molecule has 6 heteroatoms. The van der Waals surface area contributed by atoms with Crippen LogP contribution in [0, 0.1) is 11.7 Å². The first-order valence-electron chi connectivity index (χ1n) is 9.39. The van der Waals surface area contributed by atoms with Crippen molar-refractivity contribution < 1.29 is 13.9 Å². The summed E-state index contributed by atoms with van der Waals surface area (Å²) in [6, 6.07) is 10.3. The van der Waals surface area contributed by atoms with E-state index in [4.69, 9.17) is 4.74 Å². The van der Waals surface area contributed by atoms with E-state index in [-0.39, 0.29) is 17.8 Å². The van der Waals surface area contributed by atoms with E-state index >= 15 is 0 Å². The molecule has 2 atom stereocenters. The highest BCUT2D eigenvalue weighted by Crippen LogP contribution is 2.32. The minimum atomic E-state index is -0.262. The van der Waals surface area contributed by atoms with Crippen LogP contribution in [-0.4, -0.2) is 46.9 Å². The SMILES string of the molecule is COc1ncccc1CN1CC[C@H]2C[C@@H]1C(=O)N(Cc1cccc(F)c1)C2. The Kier molecular flexibility index (Phi) is 5.07. The number of fused-ring (bicyclic) bond motifs is 2. The normalized spacial score (nSPS) is 22.7. The largest absolute Gasteiger partial charge is 0.481 e. The van der Waals surface area contributed by atoms with E-state index in [1.54, 1.807) is 19.4 Å². The van der Waals surface area contributed by atoms with Gasteiger partial charge in [-0.15, -0.1) is 0 Å². The highest BCUT2D eigenvalue weighted by atomic mass is 19.1. The fourth-order valence-electron chi connectivity index (χ4n) is 4.26. The molecule has 0 spiro atoms. The molecule has 1 aromatic carbocycles. The minimum Gasteiger partial charge on any atom is -0.481 e. The highest BCUT2D eigenvalue weighted by molar-refractivity contribution is 5.83. The summed E-state index contributed by atoms with van der Waals surface area (Å²) in [5.41, 5.74) is 1.83. The molecule has 27 heavy (non-hydrogen) atoms. The van der Waals surface area contributed by atoms with Crippen LogP contribution in [0.3, 0.4) is 0 Å². The second-order valence-corrected chi connectivity index (χ2v) is 7.40. The molecule has 2 aliphatic rings. The lowest BCUT2D eigenvalue weighted by molar-refractivity contribution is -0.146. The molecule has 0 unspecified atom stereocenters. The summed E-state index contributed by atoms with van der Waals surface area (Å²) < 4.78 is 18.9. The van der Waals surface area contributed by atoms with Crippen LogP contribution in [0.4, 0.5) is 4.39 Å². The van der Waals surface area contributed by atoms with Gasteiger partial charge in [-0.05, 0) is 49.1 Å². The van der Waals surface area contributed by atoms with Gasteiger partial charge in [0.15, 0.2) is 0 Å². The summed E-state index contributed by atoms with van der Waals surface area (Å²) >= 11 is 0. The molecule has 0 saturated carbocycles. The molecule has 0 radical (unpaired) electrons. The average molecular weight is 369 g/mol. The second-order valence-electron chi connectivity index (χ2n) is 7.40. The fourth-order valence-corrected chi connectivity index (χ4v) is 4.26. The zero-order chi connectivity index (χ0) is 18.8. The van der Waals surface area contributed by atoms with Crippen LogP contribution in [0.1, 0.15) is 24.0 Å². The summed E-state index contributed by atoms with van der Waals surface area (Å²) in [4.78, 5) is 21.5. The van der Waals surface area contributed by atoms with Crippen molar-refractivity contribution in [2.75, 3.05) is 20.2 Å². The molecule has 2 fully saturated rings. The van der Waals surface area contributed by atoms with Gasteiger partial charge in [0.2, 0.25) is 11.8 Å². The van der Waals surface area contributed by atoms with Crippen LogP contribution in [0.15, 0.2) is 42.6 Å². The molecule has 0 N–H and O–H groups in total. The summed E-state index contributed by atoms with van der Waals surface area (Å²) in [5.74, 6) is 0.994. The number of benzene rings is 1. The Labute approximate surface area is 158 Å². The summed E-state index contributed by atoms with van der Waals surface area (Å²) in [6.45, 7) is 2.77. The minimum absolute atomic E-state index is 0.129. The lowest BCUT2D eigenvalue weighted by atomic mass is 9.85. The number of halogens is 1. The third kappa shape index (κ3) is 3.81. The molecule has 5 nitrogen and oxygen atoms in total. The Bertz CT molecular complexity index is 829. The predicted molar refractivity (Wildman–Crippen MR) is 99.5 cm³/mol. The number of nitrogens with zero attached hydrogens (tertiary/aromatic N) is 3.